The van der Waals surface area contributed by atoms with E-state index in [9.17, 15) is 0 Å². The van der Waals surface area contributed by atoms with Crippen LogP contribution in [-0.4, -0.2) is 19.5 Å². The zero-order valence-corrected chi connectivity index (χ0v) is 23.0. The second-order valence-electron chi connectivity index (χ2n) is 10.2. The molecule has 0 amide bonds. The summed E-state index contributed by atoms with van der Waals surface area (Å²) in [6.07, 6.45) is 0. The molecule has 0 saturated heterocycles. The number of benzene rings is 5. The predicted octanol–water partition coefficient (Wildman–Crippen LogP) is 9.10. The molecule has 0 aliphatic carbocycles. The monoisotopic (exact) mass is 528 g/mol. The molecule has 2 aromatic heterocycles. The first kappa shape index (κ1) is 24.7. The fourth-order valence-corrected chi connectivity index (χ4v) is 5.47. The highest BCUT2D eigenvalue weighted by Gasteiger charge is 2.17. The molecule has 0 radical (unpaired) electrons. The summed E-state index contributed by atoms with van der Waals surface area (Å²) in [5.74, 6) is 1.95. The van der Waals surface area contributed by atoms with Gasteiger partial charge in [0.15, 0.2) is 17.5 Å². The summed E-state index contributed by atoms with van der Waals surface area (Å²) in [4.78, 5) is 14.9. The largest absolute Gasteiger partial charge is 0.314 e. The van der Waals surface area contributed by atoms with Crippen LogP contribution in [0.1, 0.15) is 11.3 Å². The van der Waals surface area contributed by atoms with E-state index < -0.39 is 0 Å². The van der Waals surface area contributed by atoms with E-state index in [2.05, 4.69) is 85.1 Å². The first-order valence-corrected chi connectivity index (χ1v) is 13.8. The molecular weight excluding hydrogens is 500 g/mol. The highest BCUT2D eigenvalue weighted by molar-refractivity contribution is 5.88. The zero-order chi connectivity index (χ0) is 27.8. The smallest absolute Gasteiger partial charge is 0.164 e. The number of hydrogen-bond acceptors (Lipinski definition) is 3. The third-order valence-electron chi connectivity index (χ3n) is 7.67. The van der Waals surface area contributed by atoms with Crippen LogP contribution in [0.3, 0.4) is 0 Å². The van der Waals surface area contributed by atoms with Gasteiger partial charge in [-0.15, -0.1) is 0 Å². The number of para-hydroxylation sites is 1. The van der Waals surface area contributed by atoms with Gasteiger partial charge in [0.2, 0.25) is 0 Å². The maximum atomic E-state index is 5.03. The van der Waals surface area contributed by atoms with Gasteiger partial charge in [-0.25, -0.2) is 15.0 Å². The van der Waals surface area contributed by atoms with E-state index in [0.29, 0.717) is 17.5 Å². The minimum atomic E-state index is 0.641. The van der Waals surface area contributed by atoms with Crippen molar-refractivity contribution < 1.29 is 0 Å². The van der Waals surface area contributed by atoms with Gasteiger partial charge in [-0.3, -0.25) is 0 Å². The highest BCUT2D eigenvalue weighted by atomic mass is 15.0. The SMILES string of the molecule is Cc1c(C)n(-c2cc(-c3ccccc3)cc(-c3nc(-c4ccccc4)nc(-c4ccccc4)n3)c2)c2ccccc12. The van der Waals surface area contributed by atoms with E-state index >= 15 is 0 Å². The quantitative estimate of drug-likeness (QED) is 0.224. The second-order valence-corrected chi connectivity index (χ2v) is 10.2. The Morgan fingerprint density at radius 3 is 1.49 bits per heavy atom. The minimum absolute atomic E-state index is 0.641. The molecule has 0 bridgehead atoms. The Hall–Kier alpha value is -5.35. The molecule has 0 aliphatic heterocycles. The van der Waals surface area contributed by atoms with Crippen LogP contribution >= 0.6 is 0 Å². The molecule has 0 aliphatic rings. The lowest BCUT2D eigenvalue weighted by molar-refractivity contribution is 1.04. The summed E-state index contributed by atoms with van der Waals surface area (Å²) in [5, 5.41) is 1.26. The Bertz CT molecular complexity index is 1940. The van der Waals surface area contributed by atoms with Crippen LogP contribution in [0.5, 0.6) is 0 Å². The van der Waals surface area contributed by atoms with Gasteiger partial charge in [0.25, 0.3) is 0 Å². The number of nitrogens with zero attached hydrogens (tertiary/aromatic N) is 4. The predicted molar refractivity (Wildman–Crippen MR) is 168 cm³/mol. The van der Waals surface area contributed by atoms with E-state index in [1.165, 1.54) is 22.2 Å². The fraction of sp³-hybridized carbons (Fsp3) is 0.0541. The van der Waals surface area contributed by atoms with Crippen molar-refractivity contribution in [2.24, 2.45) is 0 Å². The molecule has 7 rings (SSSR count). The molecule has 0 saturated carbocycles. The molecule has 0 N–H and O–H groups in total. The lowest BCUT2D eigenvalue weighted by Gasteiger charge is -2.15. The summed E-state index contributed by atoms with van der Waals surface area (Å²) in [7, 11) is 0. The van der Waals surface area contributed by atoms with Gasteiger partial charge in [-0.05, 0) is 54.8 Å². The van der Waals surface area contributed by atoms with Crippen LogP contribution in [0, 0.1) is 13.8 Å². The van der Waals surface area contributed by atoms with E-state index in [4.69, 9.17) is 15.0 Å². The summed E-state index contributed by atoms with van der Waals surface area (Å²) >= 11 is 0. The van der Waals surface area contributed by atoms with Crippen molar-refractivity contribution in [3.05, 3.63) is 145 Å². The van der Waals surface area contributed by atoms with Gasteiger partial charge < -0.3 is 4.57 Å². The van der Waals surface area contributed by atoms with Gasteiger partial charge in [0.05, 0.1) is 5.52 Å². The third-order valence-corrected chi connectivity index (χ3v) is 7.67. The highest BCUT2D eigenvalue weighted by Crippen LogP contribution is 2.34. The van der Waals surface area contributed by atoms with E-state index in [1.807, 2.05) is 66.7 Å². The van der Waals surface area contributed by atoms with Crippen LogP contribution in [0.2, 0.25) is 0 Å². The molecule has 2 heterocycles. The van der Waals surface area contributed by atoms with Gasteiger partial charge in [0, 0.05) is 33.5 Å². The van der Waals surface area contributed by atoms with Crippen molar-refractivity contribution in [3.8, 4) is 51.0 Å². The molecule has 196 valence electrons. The molecule has 0 spiro atoms. The maximum Gasteiger partial charge on any atom is 0.164 e. The topological polar surface area (TPSA) is 43.6 Å². The van der Waals surface area contributed by atoms with Crippen LogP contribution in [0.4, 0.5) is 0 Å². The van der Waals surface area contributed by atoms with Gasteiger partial charge in [-0.1, -0.05) is 109 Å². The molecule has 0 fully saturated rings. The molecule has 41 heavy (non-hydrogen) atoms. The minimum Gasteiger partial charge on any atom is -0.314 e. The van der Waals surface area contributed by atoms with Crippen LogP contribution < -0.4 is 0 Å². The fourth-order valence-electron chi connectivity index (χ4n) is 5.47. The normalized spacial score (nSPS) is 11.2. The molecule has 4 heteroatoms. The van der Waals surface area contributed by atoms with E-state index in [0.717, 1.165) is 33.5 Å². The summed E-state index contributed by atoms with van der Waals surface area (Å²) in [5.41, 5.74) is 9.85. The average Bonchev–Trinajstić information content (AvgIpc) is 3.31. The molecular formula is C37H28N4. The van der Waals surface area contributed by atoms with E-state index in [-0.39, 0.29) is 0 Å². The van der Waals surface area contributed by atoms with Crippen molar-refractivity contribution >= 4 is 10.9 Å². The van der Waals surface area contributed by atoms with Crippen LogP contribution in [0.25, 0.3) is 61.9 Å². The first-order valence-electron chi connectivity index (χ1n) is 13.8. The van der Waals surface area contributed by atoms with Gasteiger partial charge >= 0.3 is 0 Å². The molecule has 4 nitrogen and oxygen atoms in total. The van der Waals surface area contributed by atoms with Crippen molar-refractivity contribution in [1.82, 2.24) is 19.5 Å². The maximum absolute atomic E-state index is 5.03. The van der Waals surface area contributed by atoms with Crippen molar-refractivity contribution in [2.45, 2.75) is 13.8 Å². The Balaban J connectivity index is 1.50. The summed E-state index contributed by atoms with van der Waals surface area (Å²) in [6, 6.07) is 45.9. The standard InChI is InChI=1S/C37H28N4/c1-25-26(2)41(34-21-13-12-20-33(25)34)32-23-30(27-14-6-3-7-15-27)22-31(24-32)37-39-35(28-16-8-4-9-17-28)38-36(40-37)29-18-10-5-11-19-29/h3-24H,1-2H3. The number of aromatic nitrogens is 4. The Kier molecular flexibility index (Phi) is 6.21. The Morgan fingerprint density at radius 1 is 0.439 bits per heavy atom. The molecule has 7 aromatic rings. The van der Waals surface area contributed by atoms with Crippen molar-refractivity contribution in [3.63, 3.8) is 0 Å². The third kappa shape index (κ3) is 4.60. The van der Waals surface area contributed by atoms with Crippen molar-refractivity contribution in [2.75, 3.05) is 0 Å². The molecule has 0 unspecified atom stereocenters. The summed E-state index contributed by atoms with van der Waals surface area (Å²) in [6.45, 7) is 4.38. The van der Waals surface area contributed by atoms with E-state index in [1.54, 1.807) is 0 Å². The van der Waals surface area contributed by atoms with Crippen molar-refractivity contribution in [1.29, 1.82) is 0 Å². The summed E-state index contributed by atoms with van der Waals surface area (Å²) < 4.78 is 2.35. The van der Waals surface area contributed by atoms with Gasteiger partial charge in [-0.2, -0.15) is 0 Å². The Morgan fingerprint density at radius 2 is 0.902 bits per heavy atom. The zero-order valence-electron chi connectivity index (χ0n) is 23.0. The number of fused-ring (bicyclic) bond motifs is 1. The molecule has 0 atom stereocenters. The lowest BCUT2D eigenvalue weighted by atomic mass is 10.0. The number of hydrogen-bond donors (Lipinski definition) is 0. The van der Waals surface area contributed by atoms with Crippen LogP contribution in [0.15, 0.2) is 133 Å². The van der Waals surface area contributed by atoms with Gasteiger partial charge in [0.1, 0.15) is 0 Å². The number of aryl methyl sites for hydroxylation is 1. The number of rotatable bonds is 5. The lowest BCUT2D eigenvalue weighted by Crippen LogP contribution is -2.02. The average molecular weight is 529 g/mol. The van der Waals surface area contributed by atoms with Crippen LogP contribution in [-0.2, 0) is 0 Å². The first-order chi connectivity index (χ1) is 20.2. The second kappa shape index (κ2) is 10.3. The molecule has 5 aromatic carbocycles. The Labute approximate surface area is 239 Å².